The average Bonchev–Trinajstić information content (AvgIpc) is 2.81. The van der Waals surface area contributed by atoms with Gasteiger partial charge >= 0.3 is 5.97 Å². The molecular formula is C28H30N2O5. The Labute approximate surface area is 205 Å². The molecule has 0 saturated heterocycles. The van der Waals surface area contributed by atoms with Crippen LogP contribution in [-0.2, 0) is 11.2 Å². The minimum atomic E-state index is -0.909. The lowest BCUT2D eigenvalue weighted by atomic mass is 10.0. The largest absolute Gasteiger partial charge is 0.489 e. The molecule has 0 bridgehead atoms. The number of para-hydroxylation sites is 2. The van der Waals surface area contributed by atoms with Gasteiger partial charge in [0, 0.05) is 18.3 Å². The van der Waals surface area contributed by atoms with Crippen molar-refractivity contribution in [2.24, 2.45) is 0 Å². The molecule has 0 fully saturated rings. The molecule has 7 nitrogen and oxygen atoms in total. The van der Waals surface area contributed by atoms with Crippen LogP contribution in [0.1, 0.15) is 32.6 Å². The Morgan fingerprint density at radius 3 is 2.60 bits per heavy atom. The molecule has 0 aliphatic carbocycles. The second-order valence-corrected chi connectivity index (χ2v) is 9.00. The van der Waals surface area contributed by atoms with Crippen LogP contribution in [0.5, 0.6) is 11.5 Å². The highest BCUT2D eigenvalue weighted by Crippen LogP contribution is 2.32. The molecule has 182 valence electrons. The van der Waals surface area contributed by atoms with E-state index in [0.717, 1.165) is 34.7 Å². The van der Waals surface area contributed by atoms with Gasteiger partial charge in [-0.2, -0.15) is 0 Å². The van der Waals surface area contributed by atoms with Crippen molar-refractivity contribution >= 4 is 23.3 Å². The number of nitrogens with zero attached hydrogens (tertiary/aromatic N) is 1. The van der Waals surface area contributed by atoms with Gasteiger partial charge in [0.25, 0.3) is 5.91 Å². The number of aryl methyl sites for hydroxylation is 3. The van der Waals surface area contributed by atoms with E-state index in [2.05, 4.69) is 10.2 Å². The van der Waals surface area contributed by atoms with Gasteiger partial charge in [0.1, 0.15) is 24.2 Å². The summed E-state index contributed by atoms with van der Waals surface area (Å²) in [6.45, 7) is 6.74. The third-order valence-corrected chi connectivity index (χ3v) is 6.19. The second-order valence-electron chi connectivity index (χ2n) is 9.00. The minimum Gasteiger partial charge on any atom is -0.489 e. The van der Waals surface area contributed by atoms with Crippen LogP contribution in [0.2, 0.25) is 0 Å². The van der Waals surface area contributed by atoms with Gasteiger partial charge in [0.05, 0.1) is 18.7 Å². The van der Waals surface area contributed by atoms with Gasteiger partial charge in [-0.3, -0.25) is 9.59 Å². The number of nitrogens with one attached hydrogen (secondary N) is 1. The average molecular weight is 475 g/mol. The minimum absolute atomic E-state index is 0.0915. The number of carbonyl (C=O) groups excluding carboxylic acids is 1. The summed E-state index contributed by atoms with van der Waals surface area (Å²) in [6, 6.07) is 16.9. The number of rotatable bonds is 7. The molecular weight excluding hydrogens is 444 g/mol. The molecule has 35 heavy (non-hydrogen) atoms. The highest BCUT2D eigenvalue weighted by molar-refractivity contribution is 6.05. The zero-order chi connectivity index (χ0) is 25.1. The van der Waals surface area contributed by atoms with Crippen molar-refractivity contribution in [3.63, 3.8) is 0 Å². The number of carboxylic acid groups (broad SMARTS) is 1. The topological polar surface area (TPSA) is 88.1 Å². The van der Waals surface area contributed by atoms with Crippen molar-refractivity contribution < 1.29 is 24.2 Å². The van der Waals surface area contributed by atoms with E-state index in [-0.39, 0.29) is 18.4 Å². The number of aliphatic carboxylic acids is 1. The number of ether oxygens (including phenoxy) is 2. The Balaban J connectivity index is 1.43. The van der Waals surface area contributed by atoms with Gasteiger partial charge in [0.2, 0.25) is 0 Å². The maximum absolute atomic E-state index is 13.0. The number of hydrogen-bond acceptors (Lipinski definition) is 5. The maximum atomic E-state index is 13.0. The third kappa shape index (κ3) is 5.57. The number of amides is 1. The fraction of sp³-hybridized carbons (Fsp3) is 0.286. The van der Waals surface area contributed by atoms with Crippen molar-refractivity contribution in [2.45, 2.75) is 33.3 Å². The summed E-state index contributed by atoms with van der Waals surface area (Å²) in [6.07, 6.45) is -0.203. The molecule has 0 aromatic heterocycles. The van der Waals surface area contributed by atoms with Crippen LogP contribution in [-0.4, -0.2) is 43.3 Å². The highest BCUT2D eigenvalue weighted by Gasteiger charge is 2.24. The quantitative estimate of drug-likeness (QED) is 0.513. The van der Waals surface area contributed by atoms with Crippen molar-refractivity contribution in [1.82, 2.24) is 0 Å². The molecule has 0 saturated carbocycles. The molecule has 1 heterocycles. The lowest BCUT2D eigenvalue weighted by Gasteiger charge is -2.33. The highest BCUT2D eigenvalue weighted by atomic mass is 16.5. The van der Waals surface area contributed by atoms with Crippen LogP contribution in [0.4, 0.5) is 11.4 Å². The summed E-state index contributed by atoms with van der Waals surface area (Å²) < 4.78 is 12.2. The number of anilines is 2. The molecule has 2 N–H and O–H groups in total. The Hall–Kier alpha value is -4.00. The van der Waals surface area contributed by atoms with E-state index in [0.29, 0.717) is 29.2 Å². The summed E-state index contributed by atoms with van der Waals surface area (Å²) in [5.41, 5.74) is 5.34. The van der Waals surface area contributed by atoms with Crippen LogP contribution < -0.4 is 19.7 Å². The summed E-state index contributed by atoms with van der Waals surface area (Å²) in [7, 11) is 2.04. The molecule has 1 atom stereocenters. The van der Waals surface area contributed by atoms with Crippen LogP contribution in [0.3, 0.4) is 0 Å². The Morgan fingerprint density at radius 2 is 1.83 bits per heavy atom. The summed E-state index contributed by atoms with van der Waals surface area (Å²) in [4.78, 5) is 26.2. The normalized spacial score (nSPS) is 14.6. The van der Waals surface area contributed by atoms with Crippen LogP contribution in [0, 0.1) is 20.8 Å². The molecule has 3 aromatic carbocycles. The maximum Gasteiger partial charge on any atom is 0.307 e. The summed E-state index contributed by atoms with van der Waals surface area (Å²) in [5, 5.41) is 12.0. The Kier molecular flexibility index (Phi) is 6.96. The smallest absolute Gasteiger partial charge is 0.307 e. The predicted molar refractivity (Wildman–Crippen MR) is 136 cm³/mol. The van der Waals surface area contributed by atoms with Gasteiger partial charge in [0.15, 0.2) is 0 Å². The molecule has 0 spiro atoms. The van der Waals surface area contributed by atoms with Gasteiger partial charge in [-0.15, -0.1) is 0 Å². The van der Waals surface area contributed by atoms with E-state index >= 15 is 0 Å². The molecule has 7 heteroatoms. The second kappa shape index (κ2) is 10.1. The molecule has 1 amide bonds. The molecule has 0 unspecified atom stereocenters. The fourth-order valence-electron chi connectivity index (χ4n) is 4.25. The number of carboxylic acids is 1. The number of likely N-dealkylation sites (N-methyl/N-ethyl adjacent to an activating group) is 1. The lowest BCUT2D eigenvalue weighted by molar-refractivity contribution is -0.136. The SMILES string of the molecule is Cc1ccc(NC(=O)c2cc(C)c(OC[C@@H]3CN(C)c4ccccc4O3)cc2C)cc1CC(=O)O. The lowest BCUT2D eigenvalue weighted by Crippen LogP contribution is -2.41. The molecule has 0 radical (unpaired) electrons. The first-order chi connectivity index (χ1) is 16.7. The molecule has 1 aliphatic rings. The fourth-order valence-corrected chi connectivity index (χ4v) is 4.25. The van der Waals surface area contributed by atoms with Gasteiger partial charge in [-0.25, -0.2) is 0 Å². The first-order valence-electron chi connectivity index (χ1n) is 11.5. The number of fused-ring (bicyclic) bond motifs is 1. The van der Waals surface area contributed by atoms with E-state index in [1.165, 1.54) is 0 Å². The van der Waals surface area contributed by atoms with Crippen LogP contribution in [0.15, 0.2) is 54.6 Å². The third-order valence-electron chi connectivity index (χ3n) is 6.19. The number of carbonyl (C=O) groups is 2. The zero-order valence-electron chi connectivity index (χ0n) is 20.4. The number of benzene rings is 3. The first kappa shape index (κ1) is 24.1. The van der Waals surface area contributed by atoms with E-state index in [1.54, 1.807) is 12.1 Å². The summed E-state index contributed by atoms with van der Waals surface area (Å²) >= 11 is 0. The molecule has 1 aliphatic heterocycles. The van der Waals surface area contributed by atoms with E-state index in [1.807, 2.05) is 70.3 Å². The van der Waals surface area contributed by atoms with E-state index < -0.39 is 5.97 Å². The van der Waals surface area contributed by atoms with E-state index in [4.69, 9.17) is 14.6 Å². The van der Waals surface area contributed by atoms with Crippen LogP contribution >= 0.6 is 0 Å². The van der Waals surface area contributed by atoms with Crippen molar-refractivity contribution in [2.75, 3.05) is 30.4 Å². The molecule has 4 rings (SSSR count). The van der Waals surface area contributed by atoms with Crippen LogP contribution in [0.25, 0.3) is 0 Å². The van der Waals surface area contributed by atoms with Gasteiger partial charge in [-0.1, -0.05) is 18.2 Å². The van der Waals surface area contributed by atoms with E-state index in [9.17, 15) is 9.59 Å². The summed E-state index contributed by atoms with van der Waals surface area (Å²) in [5.74, 6) is 0.393. The Morgan fingerprint density at radius 1 is 1.06 bits per heavy atom. The Bertz CT molecular complexity index is 1270. The van der Waals surface area contributed by atoms with Gasteiger partial charge in [-0.05, 0) is 79.4 Å². The van der Waals surface area contributed by atoms with Crippen molar-refractivity contribution in [3.05, 3.63) is 82.4 Å². The monoisotopic (exact) mass is 474 g/mol. The standard InChI is InChI=1S/C28H30N2O5/c1-17-9-10-21(13-20(17)14-27(31)32)29-28(33)23-11-19(3)26(12-18(23)2)34-16-22-15-30(4)24-7-5-6-8-25(24)35-22/h5-13,22H,14-16H2,1-4H3,(H,29,33)(H,31,32)/t22-/m0/s1. The number of hydrogen-bond donors (Lipinski definition) is 2. The first-order valence-corrected chi connectivity index (χ1v) is 11.5. The zero-order valence-corrected chi connectivity index (χ0v) is 20.4. The van der Waals surface area contributed by atoms with Gasteiger partial charge < -0.3 is 24.8 Å². The predicted octanol–water partition coefficient (Wildman–Crippen LogP) is 4.77. The van der Waals surface area contributed by atoms with Crippen molar-refractivity contribution in [1.29, 1.82) is 0 Å². The molecule has 3 aromatic rings. The van der Waals surface area contributed by atoms with Crippen molar-refractivity contribution in [3.8, 4) is 11.5 Å².